The molecule has 6 nitrogen and oxygen atoms in total. The van der Waals surface area contributed by atoms with Crippen LogP contribution in [-0.2, 0) is 7.05 Å². The van der Waals surface area contributed by atoms with Gasteiger partial charge in [-0.15, -0.1) is 0 Å². The van der Waals surface area contributed by atoms with Gasteiger partial charge in [-0.1, -0.05) is 12.8 Å². The molecule has 6 heteroatoms. The Kier molecular flexibility index (Phi) is 4.79. The Bertz CT molecular complexity index is 421. The first-order valence-corrected chi connectivity index (χ1v) is 6.96. The zero-order valence-electron chi connectivity index (χ0n) is 11.6. The van der Waals surface area contributed by atoms with E-state index in [9.17, 15) is 4.79 Å². The lowest BCUT2D eigenvalue weighted by atomic mass is 10.2. The van der Waals surface area contributed by atoms with E-state index in [0.29, 0.717) is 17.9 Å². The van der Waals surface area contributed by atoms with Gasteiger partial charge < -0.3 is 16.0 Å². The lowest BCUT2D eigenvalue weighted by molar-refractivity contribution is 0.0943. The van der Waals surface area contributed by atoms with Gasteiger partial charge in [-0.2, -0.15) is 5.10 Å². The van der Waals surface area contributed by atoms with Crippen molar-refractivity contribution in [2.24, 2.45) is 7.05 Å². The molecule has 2 rings (SSSR count). The molecule has 1 saturated heterocycles. The molecule has 1 fully saturated rings. The fraction of sp³-hybridized carbons (Fsp3) is 0.692. The highest BCUT2D eigenvalue weighted by Gasteiger charge is 2.14. The molecule has 1 amide bonds. The zero-order valence-corrected chi connectivity index (χ0v) is 11.6. The maximum atomic E-state index is 11.9. The van der Waals surface area contributed by atoms with Crippen LogP contribution < -0.4 is 11.1 Å². The van der Waals surface area contributed by atoms with Crippen LogP contribution in [0.3, 0.4) is 0 Å². The second-order valence-corrected chi connectivity index (χ2v) is 5.12. The quantitative estimate of drug-likeness (QED) is 0.836. The minimum Gasteiger partial charge on any atom is -0.396 e. The summed E-state index contributed by atoms with van der Waals surface area (Å²) in [5.41, 5.74) is 6.47. The second-order valence-electron chi connectivity index (χ2n) is 5.12. The number of likely N-dealkylation sites (tertiary alicyclic amines) is 1. The van der Waals surface area contributed by atoms with Crippen LogP contribution in [0.25, 0.3) is 0 Å². The molecule has 1 aromatic rings. The van der Waals surface area contributed by atoms with Crippen LogP contribution in [0.1, 0.15) is 36.2 Å². The molecule has 3 N–H and O–H groups in total. The third-order valence-corrected chi connectivity index (χ3v) is 3.48. The minimum absolute atomic E-state index is 0.187. The molecule has 0 aromatic carbocycles. The van der Waals surface area contributed by atoms with E-state index in [0.717, 1.165) is 19.6 Å². The standard InChI is InChI=1S/C13H23N5O/c1-17-10-11(14)12(16-17)13(19)15-6-9-18-7-4-2-3-5-8-18/h10H,2-9,14H2,1H3,(H,15,19). The van der Waals surface area contributed by atoms with Crippen molar-refractivity contribution >= 4 is 11.6 Å². The molecule has 1 aromatic heterocycles. The SMILES string of the molecule is Cn1cc(N)c(C(=O)NCCN2CCCCCC2)n1. The third kappa shape index (κ3) is 3.96. The predicted molar refractivity (Wildman–Crippen MR) is 74.9 cm³/mol. The Balaban J connectivity index is 1.76. The van der Waals surface area contributed by atoms with Crippen molar-refractivity contribution in [2.45, 2.75) is 25.7 Å². The normalized spacial score (nSPS) is 17.1. The van der Waals surface area contributed by atoms with E-state index in [4.69, 9.17) is 5.73 Å². The van der Waals surface area contributed by atoms with E-state index in [1.54, 1.807) is 17.9 Å². The number of amides is 1. The van der Waals surface area contributed by atoms with Crippen molar-refractivity contribution in [3.63, 3.8) is 0 Å². The van der Waals surface area contributed by atoms with Gasteiger partial charge in [0.05, 0.1) is 5.69 Å². The number of nitrogens with zero attached hydrogens (tertiary/aromatic N) is 3. The molecule has 2 heterocycles. The van der Waals surface area contributed by atoms with Crippen molar-refractivity contribution in [1.29, 1.82) is 0 Å². The lowest BCUT2D eigenvalue weighted by Gasteiger charge is -2.19. The monoisotopic (exact) mass is 265 g/mol. The van der Waals surface area contributed by atoms with E-state index in [1.807, 2.05) is 0 Å². The number of carbonyl (C=O) groups excluding carboxylic acids is 1. The van der Waals surface area contributed by atoms with Gasteiger partial charge in [-0.3, -0.25) is 9.48 Å². The Morgan fingerprint density at radius 3 is 2.63 bits per heavy atom. The Morgan fingerprint density at radius 2 is 2.05 bits per heavy atom. The number of nitrogens with one attached hydrogen (secondary N) is 1. The number of anilines is 1. The number of aryl methyl sites for hydroxylation is 1. The highest BCUT2D eigenvalue weighted by Crippen LogP contribution is 2.09. The average molecular weight is 265 g/mol. The number of nitrogens with two attached hydrogens (primary N) is 1. The van der Waals surface area contributed by atoms with E-state index in [2.05, 4.69) is 15.3 Å². The first kappa shape index (κ1) is 13.9. The number of rotatable bonds is 4. The van der Waals surface area contributed by atoms with Crippen molar-refractivity contribution in [3.05, 3.63) is 11.9 Å². The number of hydrogen-bond acceptors (Lipinski definition) is 4. The highest BCUT2D eigenvalue weighted by atomic mass is 16.2. The van der Waals surface area contributed by atoms with Crippen molar-refractivity contribution in [2.75, 3.05) is 31.9 Å². The van der Waals surface area contributed by atoms with Gasteiger partial charge in [0.2, 0.25) is 0 Å². The molecule has 106 valence electrons. The molecule has 0 aliphatic carbocycles. The lowest BCUT2D eigenvalue weighted by Crippen LogP contribution is -2.35. The van der Waals surface area contributed by atoms with Crippen LogP contribution in [0.5, 0.6) is 0 Å². The molecular weight excluding hydrogens is 242 g/mol. The van der Waals surface area contributed by atoms with Gasteiger partial charge >= 0.3 is 0 Å². The fourth-order valence-corrected chi connectivity index (χ4v) is 2.45. The molecule has 0 unspecified atom stereocenters. The van der Waals surface area contributed by atoms with Gasteiger partial charge in [-0.05, 0) is 25.9 Å². The number of hydrogen-bond donors (Lipinski definition) is 2. The molecule has 19 heavy (non-hydrogen) atoms. The summed E-state index contributed by atoms with van der Waals surface area (Å²) >= 11 is 0. The summed E-state index contributed by atoms with van der Waals surface area (Å²) in [5.74, 6) is -0.187. The van der Waals surface area contributed by atoms with E-state index in [-0.39, 0.29) is 5.91 Å². The van der Waals surface area contributed by atoms with Gasteiger partial charge in [0.25, 0.3) is 5.91 Å². The molecule has 1 aliphatic heterocycles. The average Bonchev–Trinajstić information content (AvgIpc) is 2.58. The predicted octanol–water partition coefficient (Wildman–Crippen LogP) is 0.608. The Labute approximate surface area is 113 Å². The van der Waals surface area contributed by atoms with Crippen LogP contribution in [-0.4, -0.2) is 46.8 Å². The van der Waals surface area contributed by atoms with Crippen LogP contribution in [0.15, 0.2) is 6.20 Å². The number of carbonyl (C=O) groups is 1. The largest absolute Gasteiger partial charge is 0.396 e. The minimum atomic E-state index is -0.187. The highest BCUT2D eigenvalue weighted by molar-refractivity contribution is 5.96. The van der Waals surface area contributed by atoms with Gasteiger partial charge in [0.15, 0.2) is 5.69 Å². The van der Waals surface area contributed by atoms with Crippen molar-refractivity contribution in [1.82, 2.24) is 20.0 Å². The molecule has 0 saturated carbocycles. The maximum Gasteiger partial charge on any atom is 0.273 e. The van der Waals surface area contributed by atoms with Crippen molar-refractivity contribution in [3.8, 4) is 0 Å². The summed E-state index contributed by atoms with van der Waals surface area (Å²) in [5, 5.41) is 6.94. The first-order chi connectivity index (χ1) is 9.16. The van der Waals surface area contributed by atoms with Crippen LogP contribution in [0.2, 0.25) is 0 Å². The van der Waals surface area contributed by atoms with Crippen LogP contribution in [0.4, 0.5) is 5.69 Å². The van der Waals surface area contributed by atoms with Crippen LogP contribution >= 0.6 is 0 Å². The molecule has 0 spiro atoms. The topological polar surface area (TPSA) is 76.2 Å². The molecular formula is C13H23N5O. The smallest absolute Gasteiger partial charge is 0.273 e. The van der Waals surface area contributed by atoms with E-state index in [1.165, 1.54) is 25.7 Å². The van der Waals surface area contributed by atoms with Gasteiger partial charge in [0.1, 0.15) is 0 Å². The zero-order chi connectivity index (χ0) is 13.7. The van der Waals surface area contributed by atoms with Gasteiger partial charge in [-0.25, -0.2) is 0 Å². The molecule has 0 radical (unpaired) electrons. The first-order valence-electron chi connectivity index (χ1n) is 6.96. The molecule has 0 bridgehead atoms. The fourth-order valence-electron chi connectivity index (χ4n) is 2.45. The van der Waals surface area contributed by atoms with Gasteiger partial charge in [0, 0.05) is 26.3 Å². The number of nitrogen functional groups attached to an aromatic ring is 1. The summed E-state index contributed by atoms with van der Waals surface area (Å²) in [4.78, 5) is 14.3. The van der Waals surface area contributed by atoms with E-state index >= 15 is 0 Å². The second kappa shape index (κ2) is 6.56. The van der Waals surface area contributed by atoms with Crippen LogP contribution in [0, 0.1) is 0 Å². The van der Waals surface area contributed by atoms with Crippen molar-refractivity contribution < 1.29 is 4.79 Å². The van der Waals surface area contributed by atoms with E-state index < -0.39 is 0 Å². The number of aromatic nitrogens is 2. The summed E-state index contributed by atoms with van der Waals surface area (Å²) in [6.07, 6.45) is 6.83. The summed E-state index contributed by atoms with van der Waals surface area (Å²) in [7, 11) is 1.75. The summed E-state index contributed by atoms with van der Waals surface area (Å²) in [6.45, 7) is 3.83. The molecule has 1 aliphatic rings. The Morgan fingerprint density at radius 1 is 1.37 bits per heavy atom. The Hall–Kier alpha value is -1.56. The summed E-state index contributed by atoms with van der Waals surface area (Å²) in [6, 6.07) is 0. The molecule has 0 atom stereocenters. The third-order valence-electron chi connectivity index (χ3n) is 3.48. The summed E-state index contributed by atoms with van der Waals surface area (Å²) < 4.78 is 1.55. The maximum absolute atomic E-state index is 11.9.